The first kappa shape index (κ1) is 13.1. The molecule has 1 fully saturated rings. The van der Waals surface area contributed by atoms with Gasteiger partial charge in [-0.25, -0.2) is 0 Å². The van der Waals surface area contributed by atoms with E-state index in [0.29, 0.717) is 0 Å². The predicted molar refractivity (Wildman–Crippen MR) is 77.0 cm³/mol. The van der Waals surface area contributed by atoms with Crippen molar-refractivity contribution in [1.29, 1.82) is 0 Å². The van der Waals surface area contributed by atoms with Crippen LogP contribution < -0.4 is 5.73 Å². The van der Waals surface area contributed by atoms with Gasteiger partial charge >= 0.3 is 0 Å². The fraction of sp³-hybridized carbons (Fsp3) is 0.600. The summed E-state index contributed by atoms with van der Waals surface area (Å²) in [4.78, 5) is 0. The molecule has 1 unspecified atom stereocenters. The van der Waals surface area contributed by atoms with E-state index in [0.717, 1.165) is 17.3 Å². The van der Waals surface area contributed by atoms with Crippen molar-refractivity contribution in [2.24, 2.45) is 11.1 Å². The second kappa shape index (κ2) is 4.74. The van der Waals surface area contributed by atoms with Gasteiger partial charge in [-0.05, 0) is 42.4 Å². The van der Waals surface area contributed by atoms with Crippen LogP contribution in [0.1, 0.15) is 45.1 Å². The summed E-state index contributed by atoms with van der Waals surface area (Å²) in [7, 11) is 0. The van der Waals surface area contributed by atoms with Crippen molar-refractivity contribution in [1.82, 2.24) is 0 Å². The second-order valence-corrected chi connectivity index (χ2v) is 6.97. The van der Waals surface area contributed by atoms with E-state index in [1.54, 1.807) is 0 Å². The summed E-state index contributed by atoms with van der Waals surface area (Å²) in [6.45, 7) is 4.65. The van der Waals surface area contributed by atoms with E-state index in [2.05, 4.69) is 54.0 Å². The highest BCUT2D eigenvalue weighted by atomic mass is 79.9. The quantitative estimate of drug-likeness (QED) is 0.865. The molecule has 1 aromatic rings. The smallest absolute Gasteiger partial charge is 0.0246 e. The third-order valence-corrected chi connectivity index (χ3v) is 4.98. The van der Waals surface area contributed by atoms with Gasteiger partial charge in [-0.1, -0.05) is 54.8 Å². The minimum atomic E-state index is -0.0426. The number of benzene rings is 1. The van der Waals surface area contributed by atoms with E-state index < -0.39 is 0 Å². The van der Waals surface area contributed by atoms with Gasteiger partial charge in [-0.3, -0.25) is 0 Å². The van der Waals surface area contributed by atoms with Crippen molar-refractivity contribution in [2.45, 2.75) is 51.5 Å². The molecule has 0 spiro atoms. The zero-order chi connectivity index (χ0) is 12.5. The number of rotatable bonds is 2. The van der Waals surface area contributed by atoms with Gasteiger partial charge in [0.05, 0.1) is 0 Å². The van der Waals surface area contributed by atoms with E-state index in [9.17, 15) is 0 Å². The highest BCUT2D eigenvalue weighted by Gasteiger charge is 2.43. The van der Waals surface area contributed by atoms with E-state index >= 15 is 0 Å². The van der Waals surface area contributed by atoms with E-state index in [1.165, 1.54) is 24.8 Å². The van der Waals surface area contributed by atoms with Gasteiger partial charge in [0.1, 0.15) is 0 Å². The Morgan fingerprint density at radius 2 is 1.71 bits per heavy atom. The fourth-order valence-electron chi connectivity index (χ4n) is 2.89. The van der Waals surface area contributed by atoms with Crippen LogP contribution in [0.4, 0.5) is 0 Å². The molecule has 2 N–H and O–H groups in total. The summed E-state index contributed by atoms with van der Waals surface area (Å²) in [5, 5.41) is 0. The third-order valence-electron chi connectivity index (χ3n) is 4.46. The Bertz CT molecular complexity index is 382. The number of nitrogens with two attached hydrogens (primary N) is 1. The lowest BCUT2D eigenvalue weighted by molar-refractivity contribution is 0.0990. The molecular weight excluding hydrogens is 274 g/mol. The molecule has 0 aliphatic heterocycles. The maximum absolute atomic E-state index is 6.70. The first-order valence-electron chi connectivity index (χ1n) is 6.46. The van der Waals surface area contributed by atoms with Crippen LogP contribution in [0, 0.1) is 5.41 Å². The molecule has 17 heavy (non-hydrogen) atoms. The standard InChI is InChI=1S/C15H22BrN/c1-14(2)9-3-4-10-15(14,17)11-12-5-7-13(16)8-6-12/h5-8H,3-4,9-11,17H2,1-2H3. The molecule has 94 valence electrons. The van der Waals surface area contributed by atoms with E-state index in [4.69, 9.17) is 5.73 Å². The molecule has 2 heteroatoms. The molecular formula is C15H22BrN. The molecule has 0 heterocycles. The molecule has 1 nitrogen and oxygen atoms in total. The van der Waals surface area contributed by atoms with Gasteiger partial charge in [0.2, 0.25) is 0 Å². The Morgan fingerprint density at radius 1 is 1.12 bits per heavy atom. The maximum Gasteiger partial charge on any atom is 0.0246 e. The monoisotopic (exact) mass is 295 g/mol. The number of hydrogen-bond acceptors (Lipinski definition) is 1. The minimum Gasteiger partial charge on any atom is -0.324 e. The summed E-state index contributed by atoms with van der Waals surface area (Å²) in [6, 6.07) is 8.58. The molecule has 2 rings (SSSR count). The summed E-state index contributed by atoms with van der Waals surface area (Å²) < 4.78 is 1.13. The Balaban J connectivity index is 2.18. The zero-order valence-corrected chi connectivity index (χ0v) is 12.4. The Labute approximate surface area is 113 Å². The SMILES string of the molecule is CC1(C)CCCCC1(N)Cc1ccc(Br)cc1. The highest BCUT2D eigenvalue weighted by molar-refractivity contribution is 9.10. The van der Waals surface area contributed by atoms with Crippen molar-refractivity contribution in [3.63, 3.8) is 0 Å². The Kier molecular flexibility index (Phi) is 3.65. The summed E-state index contributed by atoms with van der Waals surface area (Å²) in [5.74, 6) is 0. The first-order chi connectivity index (χ1) is 7.93. The maximum atomic E-state index is 6.70. The van der Waals surface area contributed by atoms with Crippen LogP contribution in [0.2, 0.25) is 0 Å². The molecule has 0 amide bonds. The molecule has 1 aliphatic carbocycles. The normalized spacial score (nSPS) is 28.0. The topological polar surface area (TPSA) is 26.0 Å². The molecule has 1 aliphatic rings. The van der Waals surface area contributed by atoms with Gasteiger partial charge in [-0.2, -0.15) is 0 Å². The Hall–Kier alpha value is -0.340. The van der Waals surface area contributed by atoms with Crippen LogP contribution >= 0.6 is 15.9 Å². The zero-order valence-electron chi connectivity index (χ0n) is 10.8. The van der Waals surface area contributed by atoms with Crippen LogP contribution in [0.25, 0.3) is 0 Å². The molecule has 1 aromatic carbocycles. The van der Waals surface area contributed by atoms with Crippen LogP contribution in [-0.4, -0.2) is 5.54 Å². The molecule has 1 saturated carbocycles. The van der Waals surface area contributed by atoms with Crippen molar-refractivity contribution in [3.05, 3.63) is 34.3 Å². The van der Waals surface area contributed by atoms with Crippen molar-refractivity contribution in [3.8, 4) is 0 Å². The molecule has 0 radical (unpaired) electrons. The molecule has 0 bridgehead atoms. The third kappa shape index (κ3) is 2.74. The van der Waals surface area contributed by atoms with Crippen LogP contribution in [0.3, 0.4) is 0 Å². The summed E-state index contributed by atoms with van der Waals surface area (Å²) in [5.41, 5.74) is 8.25. The lowest BCUT2D eigenvalue weighted by Crippen LogP contribution is -2.56. The van der Waals surface area contributed by atoms with E-state index in [1.807, 2.05) is 0 Å². The average Bonchev–Trinajstić information content (AvgIpc) is 2.26. The molecule has 0 aromatic heterocycles. The second-order valence-electron chi connectivity index (χ2n) is 6.05. The van der Waals surface area contributed by atoms with Crippen molar-refractivity contribution < 1.29 is 0 Å². The lowest BCUT2D eigenvalue weighted by Gasteiger charge is -2.48. The van der Waals surface area contributed by atoms with Gasteiger partial charge in [0.25, 0.3) is 0 Å². The van der Waals surface area contributed by atoms with Crippen LogP contribution in [-0.2, 0) is 6.42 Å². The van der Waals surface area contributed by atoms with Crippen LogP contribution in [0.15, 0.2) is 28.7 Å². The molecule has 0 saturated heterocycles. The number of hydrogen-bond donors (Lipinski definition) is 1. The minimum absolute atomic E-state index is 0.0426. The fourth-order valence-corrected chi connectivity index (χ4v) is 3.15. The van der Waals surface area contributed by atoms with Crippen molar-refractivity contribution in [2.75, 3.05) is 0 Å². The van der Waals surface area contributed by atoms with Gasteiger partial charge in [0, 0.05) is 10.0 Å². The van der Waals surface area contributed by atoms with E-state index in [-0.39, 0.29) is 11.0 Å². The summed E-state index contributed by atoms with van der Waals surface area (Å²) >= 11 is 3.48. The largest absolute Gasteiger partial charge is 0.324 e. The van der Waals surface area contributed by atoms with Crippen LogP contribution in [0.5, 0.6) is 0 Å². The average molecular weight is 296 g/mol. The highest BCUT2D eigenvalue weighted by Crippen LogP contribution is 2.43. The van der Waals surface area contributed by atoms with Crippen molar-refractivity contribution >= 4 is 15.9 Å². The Morgan fingerprint density at radius 3 is 2.29 bits per heavy atom. The van der Waals surface area contributed by atoms with Gasteiger partial charge < -0.3 is 5.73 Å². The first-order valence-corrected chi connectivity index (χ1v) is 7.26. The predicted octanol–water partition coefficient (Wildman–Crippen LogP) is 4.29. The summed E-state index contributed by atoms with van der Waals surface area (Å²) in [6.07, 6.45) is 5.99. The lowest BCUT2D eigenvalue weighted by atomic mass is 9.61. The van der Waals surface area contributed by atoms with Gasteiger partial charge in [0.15, 0.2) is 0 Å². The number of halogens is 1. The van der Waals surface area contributed by atoms with Gasteiger partial charge in [-0.15, -0.1) is 0 Å². The molecule has 1 atom stereocenters.